The predicted octanol–water partition coefficient (Wildman–Crippen LogP) is 1.56. The lowest BCUT2D eigenvalue weighted by Gasteiger charge is -2.29. The third-order valence-corrected chi connectivity index (χ3v) is 3.58. The van der Waals surface area contributed by atoms with Gasteiger partial charge in [-0.1, -0.05) is 6.42 Å². The van der Waals surface area contributed by atoms with Crippen molar-refractivity contribution in [1.29, 1.82) is 0 Å². The van der Waals surface area contributed by atoms with Crippen LogP contribution in [0, 0.1) is 10.1 Å². The number of pyridine rings is 1. The molecule has 1 atom stereocenters. The summed E-state index contributed by atoms with van der Waals surface area (Å²) >= 11 is 0. The second-order valence-electron chi connectivity index (χ2n) is 5.37. The number of aromatic nitrogens is 1. The molecule has 0 amide bonds. The van der Waals surface area contributed by atoms with Gasteiger partial charge >= 0.3 is 5.69 Å². The van der Waals surface area contributed by atoms with E-state index in [1.165, 1.54) is 31.4 Å². The molecule has 4 N–H and O–H groups in total. The number of rotatable bonds is 6. The first-order valence-electron chi connectivity index (χ1n) is 7.21. The van der Waals surface area contributed by atoms with Crippen molar-refractivity contribution in [3.8, 4) is 0 Å². The third-order valence-electron chi connectivity index (χ3n) is 3.58. The van der Waals surface area contributed by atoms with E-state index in [1.54, 1.807) is 0 Å². The quantitative estimate of drug-likeness (QED) is 0.415. The second kappa shape index (κ2) is 7.19. The van der Waals surface area contributed by atoms with Crippen LogP contribution in [0.25, 0.3) is 0 Å². The van der Waals surface area contributed by atoms with Crippen LogP contribution in [0.4, 0.5) is 17.3 Å². The number of nitrogens with zero attached hydrogens (tertiary/aromatic N) is 3. The highest BCUT2D eigenvalue weighted by atomic mass is 16.6. The van der Waals surface area contributed by atoms with Gasteiger partial charge in [-0.3, -0.25) is 10.1 Å². The van der Waals surface area contributed by atoms with E-state index < -0.39 is 4.92 Å². The summed E-state index contributed by atoms with van der Waals surface area (Å²) in [5, 5.41) is 14.2. The normalized spacial score (nSPS) is 17.2. The Hall–Kier alpha value is -1.93. The average Bonchev–Trinajstić information content (AvgIpc) is 2.47. The van der Waals surface area contributed by atoms with E-state index in [1.807, 2.05) is 6.92 Å². The Morgan fingerprint density at radius 1 is 1.43 bits per heavy atom. The summed E-state index contributed by atoms with van der Waals surface area (Å²) in [7, 11) is 0. The zero-order valence-electron chi connectivity index (χ0n) is 12.2. The molecule has 1 aromatic heterocycles. The summed E-state index contributed by atoms with van der Waals surface area (Å²) in [5.74, 6) is 5.95. The van der Waals surface area contributed by atoms with Crippen LogP contribution in [0.15, 0.2) is 12.1 Å². The molecular formula is C13H22N6O2. The van der Waals surface area contributed by atoms with Crippen LogP contribution < -0.4 is 16.6 Å². The van der Waals surface area contributed by atoms with Crippen LogP contribution in [0.1, 0.15) is 26.2 Å². The number of hydrogen-bond acceptors (Lipinski definition) is 7. The van der Waals surface area contributed by atoms with Crippen molar-refractivity contribution in [1.82, 2.24) is 9.88 Å². The fourth-order valence-corrected chi connectivity index (χ4v) is 2.59. The Kier molecular flexibility index (Phi) is 5.29. The van der Waals surface area contributed by atoms with Gasteiger partial charge in [-0.15, -0.1) is 0 Å². The lowest BCUT2D eigenvalue weighted by Crippen LogP contribution is -2.38. The van der Waals surface area contributed by atoms with Gasteiger partial charge < -0.3 is 15.6 Å². The topological polar surface area (TPSA) is 109 Å². The van der Waals surface area contributed by atoms with Gasteiger partial charge in [0.05, 0.1) is 4.92 Å². The molecule has 2 rings (SSSR count). The Labute approximate surface area is 123 Å². The number of hydrogen-bond donors (Lipinski definition) is 3. The molecule has 0 aliphatic carbocycles. The first-order valence-corrected chi connectivity index (χ1v) is 7.21. The molecule has 8 heteroatoms. The molecule has 1 aliphatic heterocycles. The molecule has 0 spiro atoms. The highest BCUT2D eigenvalue weighted by Gasteiger charge is 2.19. The van der Waals surface area contributed by atoms with Crippen molar-refractivity contribution in [3.63, 3.8) is 0 Å². The number of piperidine rings is 1. The molecule has 0 saturated carbocycles. The molecular weight excluding hydrogens is 272 g/mol. The molecule has 0 bridgehead atoms. The Bertz CT molecular complexity index is 490. The van der Waals surface area contributed by atoms with Gasteiger partial charge in [-0.2, -0.15) is 0 Å². The summed E-state index contributed by atoms with van der Waals surface area (Å²) in [4.78, 5) is 17.1. The summed E-state index contributed by atoms with van der Waals surface area (Å²) < 4.78 is 0. The van der Waals surface area contributed by atoms with Crippen molar-refractivity contribution < 1.29 is 4.92 Å². The minimum atomic E-state index is -0.441. The molecule has 21 heavy (non-hydrogen) atoms. The minimum absolute atomic E-state index is 0.0421. The van der Waals surface area contributed by atoms with Crippen molar-refractivity contribution in [2.24, 2.45) is 5.84 Å². The van der Waals surface area contributed by atoms with Gasteiger partial charge in [0.15, 0.2) is 0 Å². The Morgan fingerprint density at radius 3 is 2.76 bits per heavy atom. The predicted molar refractivity (Wildman–Crippen MR) is 82.1 cm³/mol. The van der Waals surface area contributed by atoms with Crippen molar-refractivity contribution in [2.75, 3.05) is 30.4 Å². The molecule has 2 heterocycles. The molecule has 8 nitrogen and oxygen atoms in total. The van der Waals surface area contributed by atoms with Crippen LogP contribution in [-0.4, -0.2) is 40.5 Å². The van der Waals surface area contributed by atoms with Gasteiger partial charge in [0, 0.05) is 18.7 Å². The number of likely N-dealkylation sites (tertiary alicyclic amines) is 1. The van der Waals surface area contributed by atoms with E-state index in [9.17, 15) is 10.1 Å². The molecule has 1 unspecified atom stereocenters. The fraction of sp³-hybridized carbons (Fsp3) is 0.615. The monoisotopic (exact) mass is 294 g/mol. The molecule has 0 aromatic carbocycles. The molecule has 0 radical (unpaired) electrons. The van der Waals surface area contributed by atoms with E-state index in [-0.39, 0.29) is 17.5 Å². The number of anilines is 2. The summed E-state index contributed by atoms with van der Waals surface area (Å²) in [5.41, 5.74) is 2.36. The van der Waals surface area contributed by atoms with Crippen LogP contribution in [-0.2, 0) is 0 Å². The first-order chi connectivity index (χ1) is 10.1. The standard InChI is InChI=1S/C13H22N6O2/c1-10(9-18-7-3-2-4-8-18)15-13-11(19(20)21)5-6-12(16-13)17-14/h5-6,10H,2-4,7-9,14H2,1H3,(H2,15,16,17). The number of nitrogen functional groups attached to an aromatic ring is 1. The van der Waals surface area contributed by atoms with Crippen LogP contribution >= 0.6 is 0 Å². The highest BCUT2D eigenvalue weighted by molar-refractivity contribution is 5.60. The van der Waals surface area contributed by atoms with Gasteiger partial charge in [-0.05, 0) is 38.9 Å². The molecule has 1 aliphatic rings. The summed E-state index contributed by atoms with van der Waals surface area (Å²) in [6, 6.07) is 2.96. The van der Waals surface area contributed by atoms with Gasteiger partial charge in [-0.25, -0.2) is 10.8 Å². The van der Waals surface area contributed by atoms with Crippen molar-refractivity contribution in [2.45, 2.75) is 32.2 Å². The average molecular weight is 294 g/mol. The van der Waals surface area contributed by atoms with E-state index in [0.29, 0.717) is 5.82 Å². The highest BCUT2D eigenvalue weighted by Crippen LogP contribution is 2.24. The lowest BCUT2D eigenvalue weighted by molar-refractivity contribution is -0.384. The molecule has 116 valence electrons. The summed E-state index contributed by atoms with van der Waals surface area (Å²) in [6.07, 6.45) is 3.73. The number of nitro groups is 1. The zero-order chi connectivity index (χ0) is 15.2. The van der Waals surface area contributed by atoms with Crippen LogP contribution in [0.5, 0.6) is 0 Å². The minimum Gasteiger partial charge on any atom is -0.361 e. The first kappa shape index (κ1) is 15.5. The Balaban J connectivity index is 2.04. The van der Waals surface area contributed by atoms with Gasteiger partial charge in [0.1, 0.15) is 5.82 Å². The number of nitrogens with two attached hydrogens (primary N) is 1. The molecule has 1 aromatic rings. The van der Waals surface area contributed by atoms with Crippen LogP contribution in [0.2, 0.25) is 0 Å². The SMILES string of the molecule is CC(CN1CCCCC1)Nc1nc(NN)ccc1[N+](=O)[O-]. The van der Waals surface area contributed by atoms with Crippen molar-refractivity contribution >= 4 is 17.3 Å². The Morgan fingerprint density at radius 2 is 2.14 bits per heavy atom. The third kappa shape index (κ3) is 4.27. The second-order valence-corrected chi connectivity index (χ2v) is 5.37. The van der Waals surface area contributed by atoms with E-state index in [4.69, 9.17) is 5.84 Å². The van der Waals surface area contributed by atoms with Crippen molar-refractivity contribution in [3.05, 3.63) is 22.2 Å². The molecule has 1 saturated heterocycles. The maximum absolute atomic E-state index is 11.1. The maximum Gasteiger partial charge on any atom is 0.311 e. The van der Waals surface area contributed by atoms with Gasteiger partial charge in [0.25, 0.3) is 0 Å². The smallest absolute Gasteiger partial charge is 0.311 e. The van der Waals surface area contributed by atoms with E-state index >= 15 is 0 Å². The van der Waals surface area contributed by atoms with E-state index in [0.717, 1.165) is 19.6 Å². The number of hydrazine groups is 1. The van der Waals surface area contributed by atoms with Crippen LogP contribution in [0.3, 0.4) is 0 Å². The van der Waals surface area contributed by atoms with Gasteiger partial charge in [0.2, 0.25) is 5.82 Å². The zero-order valence-corrected chi connectivity index (χ0v) is 12.2. The fourth-order valence-electron chi connectivity index (χ4n) is 2.59. The lowest BCUT2D eigenvalue weighted by atomic mass is 10.1. The number of nitrogens with one attached hydrogen (secondary N) is 2. The maximum atomic E-state index is 11.1. The van der Waals surface area contributed by atoms with E-state index in [2.05, 4.69) is 20.6 Å². The molecule has 1 fully saturated rings. The largest absolute Gasteiger partial charge is 0.361 e. The summed E-state index contributed by atoms with van der Waals surface area (Å²) in [6.45, 7) is 5.03.